The summed E-state index contributed by atoms with van der Waals surface area (Å²) >= 11 is 2.20. The molecule has 2 nitrogen and oxygen atoms in total. The van der Waals surface area contributed by atoms with Gasteiger partial charge in [0.05, 0.1) is 0 Å². The quantitative estimate of drug-likeness (QED) is 0.576. The Morgan fingerprint density at radius 2 is 2.40 bits per heavy atom. The standard InChI is InChI=1S/C12H16INO/c1-11(7-8-13)5-2-3-9-14-10-4-6-12(14)15/h2-3,5,7-8H,4,6,9-10H2,1H3/b3-2+,8-7-,11-5-. The molecule has 0 aromatic carbocycles. The molecule has 1 fully saturated rings. The van der Waals surface area contributed by atoms with E-state index in [2.05, 4.69) is 35.6 Å². The molecule has 0 unspecified atom stereocenters. The van der Waals surface area contributed by atoms with Crippen LogP contribution in [0.3, 0.4) is 0 Å². The molecule has 0 atom stereocenters. The Hall–Kier alpha value is -0.580. The van der Waals surface area contributed by atoms with E-state index in [1.54, 1.807) is 0 Å². The lowest BCUT2D eigenvalue weighted by molar-refractivity contribution is -0.127. The number of hydrogen-bond donors (Lipinski definition) is 0. The molecule has 0 aromatic heterocycles. The third kappa shape index (κ3) is 4.64. The summed E-state index contributed by atoms with van der Waals surface area (Å²) in [5.41, 5.74) is 1.22. The lowest BCUT2D eigenvalue weighted by Crippen LogP contribution is -2.24. The molecule has 0 spiro atoms. The summed E-state index contributed by atoms with van der Waals surface area (Å²) in [4.78, 5) is 13.2. The van der Waals surface area contributed by atoms with Gasteiger partial charge in [-0.2, -0.15) is 0 Å². The van der Waals surface area contributed by atoms with Gasteiger partial charge in [-0.3, -0.25) is 4.79 Å². The number of rotatable bonds is 4. The van der Waals surface area contributed by atoms with Crippen LogP contribution in [0.1, 0.15) is 19.8 Å². The van der Waals surface area contributed by atoms with Crippen LogP contribution in [-0.2, 0) is 4.79 Å². The van der Waals surface area contributed by atoms with Gasteiger partial charge in [-0.15, -0.1) is 0 Å². The molecule has 0 aromatic rings. The van der Waals surface area contributed by atoms with Crippen molar-refractivity contribution in [1.82, 2.24) is 4.90 Å². The van der Waals surface area contributed by atoms with Crippen molar-refractivity contribution in [3.8, 4) is 0 Å². The van der Waals surface area contributed by atoms with Gasteiger partial charge in [0.2, 0.25) is 5.91 Å². The number of carbonyl (C=O) groups is 1. The van der Waals surface area contributed by atoms with E-state index in [9.17, 15) is 4.79 Å². The van der Waals surface area contributed by atoms with Crippen LogP contribution < -0.4 is 0 Å². The largest absolute Gasteiger partial charge is 0.339 e. The van der Waals surface area contributed by atoms with E-state index in [0.29, 0.717) is 0 Å². The van der Waals surface area contributed by atoms with Crippen LogP contribution in [0, 0.1) is 0 Å². The SMILES string of the molecule is CC(/C=C\I)=C/C=C/CN1CCCC1=O. The highest BCUT2D eigenvalue weighted by molar-refractivity contribution is 14.1. The van der Waals surface area contributed by atoms with Crippen LogP contribution in [0.2, 0.25) is 0 Å². The Bertz CT molecular complexity index is 305. The Morgan fingerprint density at radius 3 is 3.00 bits per heavy atom. The Balaban J connectivity index is 2.33. The highest BCUT2D eigenvalue weighted by Gasteiger charge is 2.17. The van der Waals surface area contributed by atoms with Crippen LogP contribution in [-0.4, -0.2) is 23.9 Å². The first-order valence-electron chi connectivity index (χ1n) is 5.12. The third-order valence-electron chi connectivity index (χ3n) is 2.32. The molecule has 0 radical (unpaired) electrons. The fraction of sp³-hybridized carbons (Fsp3) is 0.417. The summed E-state index contributed by atoms with van der Waals surface area (Å²) < 4.78 is 1.99. The molecule has 0 aliphatic carbocycles. The predicted molar refractivity (Wildman–Crippen MR) is 71.9 cm³/mol. The predicted octanol–water partition coefficient (Wildman–Crippen LogP) is 3.06. The molecule has 1 aliphatic rings. The maximum absolute atomic E-state index is 11.3. The normalized spacial score (nSPS) is 18.7. The first-order valence-corrected chi connectivity index (χ1v) is 6.36. The fourth-order valence-corrected chi connectivity index (χ4v) is 2.03. The van der Waals surface area contributed by atoms with Gasteiger partial charge in [0.1, 0.15) is 0 Å². The average molecular weight is 317 g/mol. The second-order valence-corrected chi connectivity index (χ2v) is 4.29. The van der Waals surface area contributed by atoms with Gasteiger partial charge in [0.15, 0.2) is 0 Å². The van der Waals surface area contributed by atoms with E-state index in [4.69, 9.17) is 0 Å². The zero-order valence-corrected chi connectivity index (χ0v) is 11.1. The van der Waals surface area contributed by atoms with Crippen LogP contribution in [0.4, 0.5) is 0 Å². The van der Waals surface area contributed by atoms with Gasteiger partial charge in [-0.1, -0.05) is 52.5 Å². The number of allylic oxidation sites excluding steroid dienone is 4. The zero-order valence-electron chi connectivity index (χ0n) is 8.95. The van der Waals surface area contributed by atoms with Crippen molar-refractivity contribution in [2.45, 2.75) is 19.8 Å². The number of halogens is 1. The first kappa shape index (κ1) is 12.5. The molecule has 1 amide bonds. The molecule has 3 heteroatoms. The second-order valence-electron chi connectivity index (χ2n) is 3.57. The van der Waals surface area contributed by atoms with Crippen LogP contribution in [0.25, 0.3) is 0 Å². The van der Waals surface area contributed by atoms with Gasteiger partial charge in [-0.25, -0.2) is 0 Å². The van der Waals surface area contributed by atoms with E-state index in [1.165, 1.54) is 5.57 Å². The molecule has 15 heavy (non-hydrogen) atoms. The minimum Gasteiger partial charge on any atom is -0.339 e. The topological polar surface area (TPSA) is 20.3 Å². The summed E-state index contributed by atoms with van der Waals surface area (Å²) in [7, 11) is 0. The highest BCUT2D eigenvalue weighted by Crippen LogP contribution is 2.08. The van der Waals surface area contributed by atoms with Crippen molar-refractivity contribution in [3.63, 3.8) is 0 Å². The van der Waals surface area contributed by atoms with E-state index in [-0.39, 0.29) is 5.91 Å². The first-order chi connectivity index (χ1) is 7.24. The minimum absolute atomic E-state index is 0.285. The van der Waals surface area contributed by atoms with Crippen LogP contribution in [0.15, 0.2) is 34.0 Å². The number of amides is 1. The van der Waals surface area contributed by atoms with Crippen LogP contribution >= 0.6 is 22.6 Å². The van der Waals surface area contributed by atoms with Crippen molar-refractivity contribution in [2.75, 3.05) is 13.1 Å². The van der Waals surface area contributed by atoms with Gasteiger partial charge < -0.3 is 4.90 Å². The van der Waals surface area contributed by atoms with E-state index < -0.39 is 0 Å². The maximum Gasteiger partial charge on any atom is 0.222 e. The van der Waals surface area contributed by atoms with E-state index in [1.807, 2.05) is 27.2 Å². The molecule has 1 saturated heterocycles. The molecule has 0 N–H and O–H groups in total. The van der Waals surface area contributed by atoms with Crippen molar-refractivity contribution in [1.29, 1.82) is 0 Å². The molecule has 1 rings (SSSR count). The highest BCUT2D eigenvalue weighted by atomic mass is 127. The summed E-state index contributed by atoms with van der Waals surface area (Å²) in [5, 5.41) is 0. The lowest BCUT2D eigenvalue weighted by atomic mass is 10.3. The lowest BCUT2D eigenvalue weighted by Gasteiger charge is -2.11. The van der Waals surface area contributed by atoms with E-state index >= 15 is 0 Å². The van der Waals surface area contributed by atoms with Gasteiger partial charge in [0, 0.05) is 19.5 Å². The molecule has 1 aliphatic heterocycles. The van der Waals surface area contributed by atoms with Gasteiger partial charge in [0.25, 0.3) is 0 Å². The Kier molecular flexibility index (Phi) is 5.68. The molecular weight excluding hydrogens is 301 g/mol. The Morgan fingerprint density at radius 1 is 1.60 bits per heavy atom. The van der Waals surface area contributed by atoms with Crippen molar-refractivity contribution in [3.05, 3.63) is 34.0 Å². The van der Waals surface area contributed by atoms with Crippen molar-refractivity contribution < 1.29 is 4.79 Å². The molecular formula is C12H16INO. The zero-order chi connectivity index (χ0) is 11.1. The summed E-state index contributed by atoms with van der Waals surface area (Å²) in [6.07, 6.45) is 9.88. The fourth-order valence-electron chi connectivity index (χ4n) is 1.46. The van der Waals surface area contributed by atoms with Crippen molar-refractivity contribution in [2.24, 2.45) is 0 Å². The van der Waals surface area contributed by atoms with Crippen LogP contribution in [0.5, 0.6) is 0 Å². The monoisotopic (exact) mass is 317 g/mol. The summed E-state index contributed by atoms with van der Waals surface area (Å²) in [6, 6.07) is 0. The average Bonchev–Trinajstić information content (AvgIpc) is 2.60. The maximum atomic E-state index is 11.3. The van der Waals surface area contributed by atoms with Gasteiger partial charge >= 0.3 is 0 Å². The third-order valence-corrected chi connectivity index (χ3v) is 2.68. The number of carbonyl (C=O) groups excluding carboxylic acids is 1. The smallest absolute Gasteiger partial charge is 0.222 e. The minimum atomic E-state index is 0.285. The molecule has 0 bridgehead atoms. The molecule has 1 heterocycles. The number of nitrogens with zero attached hydrogens (tertiary/aromatic N) is 1. The summed E-state index contributed by atoms with van der Waals surface area (Å²) in [5.74, 6) is 0.285. The number of likely N-dealkylation sites (tertiary alicyclic amines) is 1. The Labute approximate surface area is 105 Å². The number of hydrogen-bond acceptors (Lipinski definition) is 1. The molecule has 0 saturated carbocycles. The second kappa shape index (κ2) is 6.82. The molecule has 82 valence electrons. The van der Waals surface area contributed by atoms with Gasteiger partial charge in [-0.05, 0) is 17.4 Å². The van der Waals surface area contributed by atoms with Crippen molar-refractivity contribution >= 4 is 28.5 Å². The van der Waals surface area contributed by atoms with E-state index in [0.717, 1.165) is 25.9 Å². The summed E-state index contributed by atoms with van der Waals surface area (Å²) in [6.45, 7) is 3.72.